The predicted octanol–water partition coefficient (Wildman–Crippen LogP) is 4.68. The zero-order chi connectivity index (χ0) is 16.4. The molecule has 0 aliphatic carbocycles. The lowest BCUT2D eigenvalue weighted by Crippen LogP contribution is -2.19. The zero-order valence-electron chi connectivity index (χ0n) is 13.2. The van der Waals surface area contributed by atoms with Crippen LogP contribution in [-0.2, 0) is 19.5 Å². The summed E-state index contributed by atoms with van der Waals surface area (Å²) in [4.78, 5) is 2.42. The zero-order valence-corrected chi connectivity index (χ0v) is 15.6. The second-order valence-corrected chi connectivity index (χ2v) is 6.87. The second kappa shape index (κ2) is 7.12. The molecule has 0 unspecified atom stereocenters. The maximum absolute atomic E-state index is 5.94. The molecule has 0 radical (unpaired) electrons. The van der Waals surface area contributed by atoms with Gasteiger partial charge < -0.3 is 9.47 Å². The smallest absolute Gasteiger partial charge is 0.137 e. The average molecular weight is 397 g/mol. The monoisotopic (exact) mass is 395 g/mol. The Kier molecular flexibility index (Phi) is 5.14. The highest BCUT2D eigenvalue weighted by molar-refractivity contribution is 9.10. The number of fused-ring (bicyclic) bond motifs is 1. The Hall–Kier alpha value is -1.23. The third-order valence-electron chi connectivity index (χ3n) is 4.24. The number of halogens is 2. The summed E-state index contributed by atoms with van der Waals surface area (Å²) in [6, 6.07) is 10.0. The molecule has 0 bridgehead atoms. The first kappa shape index (κ1) is 16.6. The Morgan fingerprint density at radius 2 is 1.70 bits per heavy atom. The number of benzene rings is 2. The molecule has 2 aromatic rings. The van der Waals surface area contributed by atoms with Crippen LogP contribution in [0.1, 0.15) is 16.7 Å². The van der Waals surface area contributed by atoms with Gasteiger partial charge in [-0.1, -0.05) is 23.7 Å². The largest absolute Gasteiger partial charge is 0.496 e. The third kappa shape index (κ3) is 3.49. The molecular formula is C18H19BrClNO2. The lowest BCUT2D eigenvalue weighted by atomic mass is 10.1. The SMILES string of the molecule is COc1cc(OC)c2c(c1Br)CN(CCc1ccc(Cl)cc1)C2. The van der Waals surface area contributed by atoms with Crippen molar-refractivity contribution in [1.82, 2.24) is 4.90 Å². The van der Waals surface area contributed by atoms with Crippen molar-refractivity contribution in [3.63, 3.8) is 0 Å². The van der Waals surface area contributed by atoms with E-state index in [1.54, 1.807) is 14.2 Å². The molecule has 2 aromatic carbocycles. The highest BCUT2D eigenvalue weighted by Gasteiger charge is 2.26. The van der Waals surface area contributed by atoms with Crippen molar-refractivity contribution < 1.29 is 9.47 Å². The van der Waals surface area contributed by atoms with Gasteiger partial charge in [0.05, 0.1) is 18.7 Å². The second-order valence-electron chi connectivity index (χ2n) is 5.64. The van der Waals surface area contributed by atoms with Crippen LogP contribution in [0.25, 0.3) is 0 Å². The molecule has 0 spiro atoms. The molecule has 1 heterocycles. The van der Waals surface area contributed by atoms with Crippen molar-refractivity contribution in [2.45, 2.75) is 19.5 Å². The summed E-state index contributed by atoms with van der Waals surface area (Å²) in [5.74, 6) is 1.72. The summed E-state index contributed by atoms with van der Waals surface area (Å²) >= 11 is 9.60. The molecule has 0 saturated heterocycles. The van der Waals surface area contributed by atoms with Gasteiger partial charge in [0.25, 0.3) is 0 Å². The van der Waals surface area contributed by atoms with Crippen molar-refractivity contribution >= 4 is 27.5 Å². The van der Waals surface area contributed by atoms with Crippen molar-refractivity contribution in [3.05, 3.63) is 56.5 Å². The lowest BCUT2D eigenvalue weighted by molar-refractivity contribution is 0.285. The minimum Gasteiger partial charge on any atom is -0.496 e. The first-order chi connectivity index (χ1) is 11.1. The Balaban J connectivity index is 1.73. The first-order valence-electron chi connectivity index (χ1n) is 7.51. The van der Waals surface area contributed by atoms with E-state index in [0.29, 0.717) is 0 Å². The van der Waals surface area contributed by atoms with Gasteiger partial charge in [-0.15, -0.1) is 0 Å². The maximum atomic E-state index is 5.94. The summed E-state index contributed by atoms with van der Waals surface area (Å²) < 4.78 is 12.0. The minimum atomic E-state index is 0.781. The van der Waals surface area contributed by atoms with E-state index in [1.165, 1.54) is 16.7 Å². The number of hydrogen-bond donors (Lipinski definition) is 0. The van der Waals surface area contributed by atoms with Gasteiger partial charge in [0.15, 0.2) is 0 Å². The molecule has 3 rings (SSSR count). The van der Waals surface area contributed by atoms with Gasteiger partial charge in [-0.3, -0.25) is 4.90 Å². The van der Waals surface area contributed by atoms with Crippen LogP contribution in [0.3, 0.4) is 0 Å². The quantitative estimate of drug-likeness (QED) is 0.732. The van der Waals surface area contributed by atoms with Gasteiger partial charge in [0, 0.05) is 36.3 Å². The molecule has 23 heavy (non-hydrogen) atoms. The van der Waals surface area contributed by atoms with E-state index in [-0.39, 0.29) is 0 Å². The van der Waals surface area contributed by atoms with Gasteiger partial charge in [0.2, 0.25) is 0 Å². The molecule has 3 nitrogen and oxygen atoms in total. The molecule has 1 aliphatic heterocycles. The minimum absolute atomic E-state index is 0.781. The van der Waals surface area contributed by atoms with E-state index in [4.69, 9.17) is 21.1 Å². The van der Waals surface area contributed by atoms with Crippen LogP contribution < -0.4 is 9.47 Å². The normalized spacial score (nSPS) is 13.9. The first-order valence-corrected chi connectivity index (χ1v) is 8.68. The van der Waals surface area contributed by atoms with Gasteiger partial charge >= 0.3 is 0 Å². The Morgan fingerprint density at radius 3 is 2.35 bits per heavy atom. The molecule has 0 saturated carbocycles. The predicted molar refractivity (Wildman–Crippen MR) is 96.5 cm³/mol. The van der Waals surface area contributed by atoms with E-state index in [1.807, 2.05) is 18.2 Å². The summed E-state index contributed by atoms with van der Waals surface area (Å²) in [7, 11) is 3.39. The van der Waals surface area contributed by atoms with Crippen molar-refractivity contribution in [2.75, 3.05) is 20.8 Å². The summed E-state index contributed by atoms with van der Waals surface area (Å²) in [5, 5.41) is 0.781. The van der Waals surface area contributed by atoms with Crippen LogP contribution in [0.15, 0.2) is 34.8 Å². The van der Waals surface area contributed by atoms with Crippen LogP contribution >= 0.6 is 27.5 Å². The highest BCUT2D eigenvalue weighted by atomic mass is 79.9. The van der Waals surface area contributed by atoms with Gasteiger partial charge in [-0.05, 0) is 45.6 Å². The number of ether oxygens (including phenoxy) is 2. The highest BCUT2D eigenvalue weighted by Crippen LogP contribution is 2.41. The molecule has 0 N–H and O–H groups in total. The van der Waals surface area contributed by atoms with Crippen LogP contribution in [-0.4, -0.2) is 25.7 Å². The van der Waals surface area contributed by atoms with E-state index in [9.17, 15) is 0 Å². The van der Waals surface area contributed by atoms with E-state index in [2.05, 4.69) is 33.0 Å². The van der Waals surface area contributed by atoms with E-state index < -0.39 is 0 Å². The third-order valence-corrected chi connectivity index (χ3v) is 5.36. The standard InChI is InChI=1S/C18H19BrClNO2/c1-22-16-9-17(23-2)18(19)15-11-21(10-14(15)16)8-7-12-3-5-13(20)6-4-12/h3-6,9H,7-8,10-11H2,1-2H3. The van der Waals surface area contributed by atoms with Gasteiger partial charge in [0.1, 0.15) is 11.5 Å². The number of methoxy groups -OCH3 is 2. The molecule has 0 amide bonds. The number of nitrogens with zero attached hydrogens (tertiary/aromatic N) is 1. The van der Waals surface area contributed by atoms with Crippen molar-refractivity contribution in [2.24, 2.45) is 0 Å². The van der Waals surface area contributed by atoms with E-state index >= 15 is 0 Å². The van der Waals surface area contributed by atoms with Gasteiger partial charge in [-0.2, -0.15) is 0 Å². The molecule has 0 fully saturated rings. The molecule has 0 atom stereocenters. The number of rotatable bonds is 5. The van der Waals surface area contributed by atoms with Gasteiger partial charge in [-0.25, -0.2) is 0 Å². The summed E-state index contributed by atoms with van der Waals surface area (Å²) in [6.45, 7) is 2.79. The molecule has 0 aromatic heterocycles. The fourth-order valence-corrected chi connectivity index (χ4v) is 3.73. The van der Waals surface area contributed by atoms with E-state index in [0.717, 1.165) is 47.0 Å². The van der Waals surface area contributed by atoms with Crippen LogP contribution in [0.5, 0.6) is 11.5 Å². The number of hydrogen-bond acceptors (Lipinski definition) is 3. The molecule has 122 valence electrons. The fraction of sp³-hybridized carbons (Fsp3) is 0.333. The van der Waals surface area contributed by atoms with Crippen LogP contribution in [0.2, 0.25) is 5.02 Å². The molecule has 5 heteroatoms. The topological polar surface area (TPSA) is 21.7 Å². The maximum Gasteiger partial charge on any atom is 0.137 e. The summed E-state index contributed by atoms with van der Waals surface area (Å²) in [5.41, 5.74) is 3.81. The average Bonchev–Trinajstić information content (AvgIpc) is 3.00. The Bertz CT molecular complexity index is 703. The van der Waals surface area contributed by atoms with Crippen LogP contribution in [0.4, 0.5) is 0 Å². The molecular weight excluding hydrogens is 378 g/mol. The summed E-state index contributed by atoms with van der Waals surface area (Å²) in [6.07, 6.45) is 1.00. The van der Waals surface area contributed by atoms with Crippen molar-refractivity contribution in [3.8, 4) is 11.5 Å². The van der Waals surface area contributed by atoms with Crippen molar-refractivity contribution in [1.29, 1.82) is 0 Å². The fourth-order valence-electron chi connectivity index (χ4n) is 2.97. The Labute approximate surface area is 150 Å². The molecule has 1 aliphatic rings. The van der Waals surface area contributed by atoms with Crippen LogP contribution in [0, 0.1) is 0 Å². The lowest BCUT2D eigenvalue weighted by Gasteiger charge is -2.14. The Morgan fingerprint density at radius 1 is 1.04 bits per heavy atom.